The summed E-state index contributed by atoms with van der Waals surface area (Å²) in [4.78, 5) is 6.77. The first-order chi connectivity index (χ1) is 11.6. The van der Waals surface area contributed by atoms with E-state index in [9.17, 15) is 0 Å². The predicted molar refractivity (Wildman–Crippen MR) is 100 cm³/mol. The van der Waals surface area contributed by atoms with Gasteiger partial charge in [0.2, 0.25) is 0 Å². The fourth-order valence-corrected chi connectivity index (χ4v) is 2.70. The summed E-state index contributed by atoms with van der Waals surface area (Å²) in [5, 5.41) is 14.9. The van der Waals surface area contributed by atoms with Gasteiger partial charge in [-0.25, -0.2) is 0 Å². The number of guanidine groups is 1. The van der Waals surface area contributed by atoms with E-state index in [0.717, 1.165) is 50.8 Å². The first kappa shape index (κ1) is 20.4. The van der Waals surface area contributed by atoms with Crippen LogP contribution in [0.3, 0.4) is 0 Å². The molecule has 24 heavy (non-hydrogen) atoms. The van der Waals surface area contributed by atoms with E-state index < -0.39 is 0 Å². The first-order valence-corrected chi connectivity index (χ1v) is 9.20. The molecule has 0 amide bonds. The molecule has 0 aliphatic rings. The Morgan fingerprint density at radius 1 is 1.33 bits per heavy atom. The van der Waals surface area contributed by atoms with Gasteiger partial charge in [0.1, 0.15) is 12.2 Å². The molecule has 0 spiro atoms. The molecule has 1 unspecified atom stereocenters. The van der Waals surface area contributed by atoms with Crippen LogP contribution >= 0.6 is 0 Å². The largest absolute Gasteiger partial charge is 0.355 e. The van der Waals surface area contributed by atoms with Gasteiger partial charge in [-0.05, 0) is 39.4 Å². The number of hydrogen-bond acceptors (Lipinski definition) is 4. The van der Waals surface area contributed by atoms with Crippen LogP contribution in [0.1, 0.15) is 46.4 Å². The van der Waals surface area contributed by atoms with Gasteiger partial charge in [0.25, 0.3) is 0 Å². The second kappa shape index (κ2) is 11.8. The number of aromatic nitrogens is 3. The lowest BCUT2D eigenvalue weighted by Gasteiger charge is -2.21. The van der Waals surface area contributed by atoms with Crippen molar-refractivity contribution in [2.75, 3.05) is 33.2 Å². The Labute approximate surface area is 146 Å². The summed E-state index contributed by atoms with van der Waals surface area (Å²) in [6.07, 6.45) is 5.03. The van der Waals surface area contributed by atoms with Crippen LogP contribution in [0.4, 0.5) is 0 Å². The van der Waals surface area contributed by atoms with E-state index in [1.807, 2.05) is 7.05 Å². The maximum Gasteiger partial charge on any atom is 0.191 e. The van der Waals surface area contributed by atoms with Crippen LogP contribution in [0.15, 0.2) is 11.3 Å². The van der Waals surface area contributed by atoms with E-state index in [1.54, 1.807) is 6.33 Å². The molecule has 7 nitrogen and oxygen atoms in total. The van der Waals surface area contributed by atoms with Crippen LogP contribution in [-0.2, 0) is 13.0 Å². The number of aryl methyl sites for hydroxylation is 1. The number of nitrogens with one attached hydrogen (secondary N) is 2. The predicted octanol–water partition coefficient (Wildman–Crippen LogP) is 1.52. The van der Waals surface area contributed by atoms with Crippen molar-refractivity contribution in [1.82, 2.24) is 30.3 Å². The average Bonchev–Trinajstić information content (AvgIpc) is 3.05. The molecule has 0 aliphatic carbocycles. The van der Waals surface area contributed by atoms with E-state index in [2.05, 4.69) is 63.0 Å². The highest BCUT2D eigenvalue weighted by molar-refractivity contribution is 5.79. The summed E-state index contributed by atoms with van der Waals surface area (Å²) in [7, 11) is 1.81. The van der Waals surface area contributed by atoms with Gasteiger partial charge in [-0.2, -0.15) is 0 Å². The maximum atomic E-state index is 4.31. The number of aliphatic imine (C=N–C) groups is 1. The lowest BCUT2D eigenvalue weighted by Crippen LogP contribution is -2.43. The Morgan fingerprint density at radius 2 is 2.08 bits per heavy atom. The molecular formula is C17H35N7. The highest BCUT2D eigenvalue weighted by Crippen LogP contribution is 2.00. The SMILES string of the molecule is CCc1nncn1CCNC(=NC)NC(C)CCCN(CC)CC. The van der Waals surface area contributed by atoms with Crippen molar-refractivity contribution in [3.63, 3.8) is 0 Å². The Balaban J connectivity index is 2.26. The van der Waals surface area contributed by atoms with Crippen LogP contribution in [0.25, 0.3) is 0 Å². The lowest BCUT2D eigenvalue weighted by atomic mass is 10.2. The summed E-state index contributed by atoms with van der Waals surface area (Å²) < 4.78 is 2.08. The van der Waals surface area contributed by atoms with Gasteiger partial charge in [-0.15, -0.1) is 10.2 Å². The van der Waals surface area contributed by atoms with Crippen molar-refractivity contribution >= 4 is 5.96 Å². The zero-order valence-corrected chi connectivity index (χ0v) is 16.0. The van der Waals surface area contributed by atoms with Crippen molar-refractivity contribution in [3.8, 4) is 0 Å². The van der Waals surface area contributed by atoms with E-state index in [0.29, 0.717) is 6.04 Å². The topological polar surface area (TPSA) is 70.4 Å². The monoisotopic (exact) mass is 337 g/mol. The second-order valence-corrected chi connectivity index (χ2v) is 6.01. The minimum atomic E-state index is 0.410. The molecular weight excluding hydrogens is 302 g/mol. The molecule has 0 saturated carbocycles. The Hall–Kier alpha value is -1.63. The molecule has 0 bridgehead atoms. The van der Waals surface area contributed by atoms with Crippen LogP contribution in [0.2, 0.25) is 0 Å². The summed E-state index contributed by atoms with van der Waals surface area (Å²) in [6.45, 7) is 13.8. The third kappa shape index (κ3) is 7.29. The number of rotatable bonds is 11. The van der Waals surface area contributed by atoms with Gasteiger partial charge in [0, 0.05) is 32.6 Å². The standard InChI is InChI=1S/C17H35N7/c1-6-16-22-20-14-24(16)13-11-19-17(18-5)21-15(4)10-9-12-23(7-2)8-3/h14-15H,6-13H2,1-5H3,(H2,18,19,21). The lowest BCUT2D eigenvalue weighted by molar-refractivity contribution is 0.292. The quantitative estimate of drug-likeness (QED) is 0.473. The highest BCUT2D eigenvalue weighted by Gasteiger charge is 2.07. The van der Waals surface area contributed by atoms with Gasteiger partial charge < -0.3 is 20.1 Å². The van der Waals surface area contributed by atoms with E-state index in [4.69, 9.17) is 0 Å². The van der Waals surface area contributed by atoms with Crippen molar-refractivity contribution in [1.29, 1.82) is 0 Å². The molecule has 1 aromatic rings. The molecule has 2 N–H and O–H groups in total. The molecule has 0 saturated heterocycles. The zero-order chi connectivity index (χ0) is 17.8. The molecule has 0 aromatic carbocycles. The van der Waals surface area contributed by atoms with Crippen LogP contribution in [0, 0.1) is 0 Å². The Bertz CT molecular complexity index is 465. The Kier molecular flexibility index (Phi) is 10.1. The van der Waals surface area contributed by atoms with Crippen molar-refractivity contribution in [2.24, 2.45) is 4.99 Å². The third-order valence-electron chi connectivity index (χ3n) is 4.27. The van der Waals surface area contributed by atoms with Crippen molar-refractivity contribution < 1.29 is 0 Å². The molecule has 7 heteroatoms. The zero-order valence-electron chi connectivity index (χ0n) is 16.0. The first-order valence-electron chi connectivity index (χ1n) is 9.20. The fraction of sp³-hybridized carbons (Fsp3) is 0.824. The summed E-state index contributed by atoms with van der Waals surface area (Å²) in [5.41, 5.74) is 0. The van der Waals surface area contributed by atoms with E-state index >= 15 is 0 Å². The molecule has 1 aromatic heterocycles. The van der Waals surface area contributed by atoms with E-state index in [-0.39, 0.29) is 0 Å². The van der Waals surface area contributed by atoms with Gasteiger partial charge in [0.05, 0.1) is 0 Å². The van der Waals surface area contributed by atoms with Crippen molar-refractivity contribution in [2.45, 2.75) is 59.5 Å². The molecule has 0 aliphatic heterocycles. The number of nitrogens with zero attached hydrogens (tertiary/aromatic N) is 5. The number of hydrogen-bond donors (Lipinski definition) is 2. The van der Waals surface area contributed by atoms with Gasteiger partial charge in [0.15, 0.2) is 5.96 Å². The molecule has 138 valence electrons. The molecule has 0 radical (unpaired) electrons. The van der Waals surface area contributed by atoms with Gasteiger partial charge >= 0.3 is 0 Å². The second-order valence-electron chi connectivity index (χ2n) is 6.01. The Morgan fingerprint density at radius 3 is 2.71 bits per heavy atom. The molecule has 1 heterocycles. The summed E-state index contributed by atoms with van der Waals surface area (Å²) in [6, 6.07) is 0.410. The normalized spacial score (nSPS) is 13.3. The highest BCUT2D eigenvalue weighted by atomic mass is 15.3. The molecule has 1 atom stereocenters. The molecule has 0 fully saturated rings. The van der Waals surface area contributed by atoms with Crippen LogP contribution < -0.4 is 10.6 Å². The smallest absolute Gasteiger partial charge is 0.191 e. The minimum Gasteiger partial charge on any atom is -0.355 e. The third-order valence-corrected chi connectivity index (χ3v) is 4.27. The van der Waals surface area contributed by atoms with Crippen LogP contribution in [0.5, 0.6) is 0 Å². The maximum absolute atomic E-state index is 4.31. The van der Waals surface area contributed by atoms with E-state index in [1.165, 1.54) is 13.0 Å². The van der Waals surface area contributed by atoms with Crippen LogP contribution in [-0.4, -0.2) is 64.9 Å². The molecule has 1 rings (SSSR count). The fourth-order valence-electron chi connectivity index (χ4n) is 2.70. The summed E-state index contributed by atoms with van der Waals surface area (Å²) in [5.74, 6) is 1.88. The minimum absolute atomic E-state index is 0.410. The van der Waals surface area contributed by atoms with Crippen molar-refractivity contribution in [3.05, 3.63) is 12.2 Å². The van der Waals surface area contributed by atoms with Gasteiger partial charge in [-0.3, -0.25) is 4.99 Å². The van der Waals surface area contributed by atoms with Gasteiger partial charge in [-0.1, -0.05) is 20.8 Å². The average molecular weight is 338 g/mol. The summed E-state index contributed by atoms with van der Waals surface area (Å²) >= 11 is 0.